The summed E-state index contributed by atoms with van der Waals surface area (Å²) < 4.78 is 0. The molecule has 2 unspecified atom stereocenters. The second kappa shape index (κ2) is 7.28. The maximum absolute atomic E-state index is 12.3. The van der Waals surface area contributed by atoms with Gasteiger partial charge in [0.25, 0.3) is 0 Å². The number of likely N-dealkylation sites (N-methyl/N-ethyl adjacent to an activating group) is 1. The second-order valence-corrected chi connectivity index (χ2v) is 5.96. The summed E-state index contributed by atoms with van der Waals surface area (Å²) in [6.07, 6.45) is 0.907. The molecule has 0 bridgehead atoms. The zero-order chi connectivity index (χ0) is 16.2. The standard InChI is InChI=1S/C14H25N3O4/c1-9(2)15-12(18)8-16(4)14(21)17-6-5-11(13(19)20)7-10(17)3/h9-11H,5-8H2,1-4H3,(H,15,18)(H,19,20). The van der Waals surface area contributed by atoms with E-state index in [4.69, 9.17) is 5.11 Å². The Kier molecular flexibility index (Phi) is 5.99. The minimum atomic E-state index is -0.807. The molecule has 1 saturated heterocycles. The van der Waals surface area contributed by atoms with Crippen molar-refractivity contribution in [2.24, 2.45) is 5.92 Å². The maximum Gasteiger partial charge on any atom is 0.320 e. The summed E-state index contributed by atoms with van der Waals surface area (Å²) >= 11 is 0. The maximum atomic E-state index is 12.3. The molecule has 0 aliphatic carbocycles. The molecular weight excluding hydrogens is 274 g/mol. The van der Waals surface area contributed by atoms with Crippen molar-refractivity contribution in [3.63, 3.8) is 0 Å². The predicted octanol–water partition coefficient (Wildman–Crippen LogP) is 0.748. The van der Waals surface area contributed by atoms with E-state index in [1.54, 1.807) is 11.9 Å². The first-order valence-corrected chi connectivity index (χ1v) is 7.26. The largest absolute Gasteiger partial charge is 0.481 e. The van der Waals surface area contributed by atoms with Crippen molar-refractivity contribution in [2.75, 3.05) is 20.1 Å². The molecule has 0 saturated carbocycles. The van der Waals surface area contributed by atoms with E-state index in [1.165, 1.54) is 4.90 Å². The molecule has 0 spiro atoms. The van der Waals surface area contributed by atoms with Gasteiger partial charge in [0, 0.05) is 25.7 Å². The van der Waals surface area contributed by atoms with Crippen LogP contribution in [-0.2, 0) is 9.59 Å². The predicted molar refractivity (Wildman–Crippen MR) is 77.8 cm³/mol. The Morgan fingerprint density at radius 3 is 2.48 bits per heavy atom. The lowest BCUT2D eigenvalue weighted by molar-refractivity contribution is -0.143. The second-order valence-electron chi connectivity index (χ2n) is 5.96. The van der Waals surface area contributed by atoms with Gasteiger partial charge in [0.1, 0.15) is 6.54 Å². The fourth-order valence-electron chi connectivity index (χ4n) is 2.55. The number of urea groups is 1. The number of nitrogens with zero attached hydrogens (tertiary/aromatic N) is 2. The third-order valence-corrected chi connectivity index (χ3v) is 3.63. The molecule has 1 rings (SSSR count). The summed E-state index contributed by atoms with van der Waals surface area (Å²) in [5, 5.41) is 11.8. The lowest BCUT2D eigenvalue weighted by atomic mass is 9.92. The molecular formula is C14H25N3O4. The number of hydrogen-bond donors (Lipinski definition) is 2. The minimum absolute atomic E-state index is 0.00257. The third kappa shape index (κ3) is 4.91. The van der Waals surface area contributed by atoms with Crippen LogP contribution in [0, 0.1) is 5.92 Å². The number of carboxylic acid groups (broad SMARTS) is 1. The molecule has 21 heavy (non-hydrogen) atoms. The molecule has 1 aliphatic rings. The molecule has 1 fully saturated rings. The topological polar surface area (TPSA) is 90.0 Å². The van der Waals surface area contributed by atoms with Crippen molar-refractivity contribution in [1.82, 2.24) is 15.1 Å². The highest BCUT2D eigenvalue weighted by Gasteiger charge is 2.33. The summed E-state index contributed by atoms with van der Waals surface area (Å²) in [5.74, 6) is -1.40. The van der Waals surface area contributed by atoms with Gasteiger partial charge in [-0.15, -0.1) is 0 Å². The van der Waals surface area contributed by atoms with Crippen LogP contribution in [0.15, 0.2) is 0 Å². The Labute approximate surface area is 125 Å². The average molecular weight is 299 g/mol. The van der Waals surface area contributed by atoms with Crippen LogP contribution in [0.1, 0.15) is 33.6 Å². The fourth-order valence-corrected chi connectivity index (χ4v) is 2.55. The van der Waals surface area contributed by atoms with Gasteiger partial charge in [0.05, 0.1) is 5.92 Å². The lowest BCUT2D eigenvalue weighted by Gasteiger charge is -2.38. The average Bonchev–Trinajstić information content (AvgIpc) is 2.36. The van der Waals surface area contributed by atoms with E-state index >= 15 is 0 Å². The van der Waals surface area contributed by atoms with Crippen LogP contribution in [0.25, 0.3) is 0 Å². The Morgan fingerprint density at radius 1 is 1.38 bits per heavy atom. The number of carboxylic acids is 1. The highest BCUT2D eigenvalue weighted by atomic mass is 16.4. The van der Waals surface area contributed by atoms with Crippen molar-refractivity contribution >= 4 is 17.9 Å². The third-order valence-electron chi connectivity index (χ3n) is 3.63. The Bertz CT molecular complexity index is 411. The van der Waals surface area contributed by atoms with Crippen molar-refractivity contribution < 1.29 is 19.5 Å². The van der Waals surface area contributed by atoms with E-state index in [1.807, 2.05) is 20.8 Å². The number of hydrogen-bond acceptors (Lipinski definition) is 3. The summed E-state index contributed by atoms with van der Waals surface area (Å²) in [6, 6.07) is -0.334. The van der Waals surface area contributed by atoms with Crippen molar-refractivity contribution in [2.45, 2.75) is 45.7 Å². The van der Waals surface area contributed by atoms with Crippen LogP contribution in [0.5, 0.6) is 0 Å². The molecule has 0 aromatic carbocycles. The van der Waals surface area contributed by atoms with Crippen LogP contribution >= 0.6 is 0 Å². The Hall–Kier alpha value is -1.79. The summed E-state index contributed by atoms with van der Waals surface area (Å²) in [6.45, 7) is 5.97. The molecule has 7 nitrogen and oxygen atoms in total. The number of aliphatic carboxylic acids is 1. The first-order valence-electron chi connectivity index (χ1n) is 7.26. The number of nitrogens with one attached hydrogen (secondary N) is 1. The van der Waals surface area contributed by atoms with E-state index in [0.29, 0.717) is 19.4 Å². The van der Waals surface area contributed by atoms with Crippen LogP contribution < -0.4 is 5.32 Å². The van der Waals surface area contributed by atoms with Crippen LogP contribution in [0.4, 0.5) is 4.79 Å². The highest BCUT2D eigenvalue weighted by Crippen LogP contribution is 2.23. The fraction of sp³-hybridized carbons (Fsp3) is 0.786. The van der Waals surface area contributed by atoms with Gasteiger partial charge in [-0.3, -0.25) is 9.59 Å². The number of rotatable bonds is 4. The van der Waals surface area contributed by atoms with Gasteiger partial charge in [-0.05, 0) is 33.6 Å². The number of piperidine rings is 1. The van der Waals surface area contributed by atoms with Gasteiger partial charge in [-0.2, -0.15) is 0 Å². The van der Waals surface area contributed by atoms with Gasteiger partial charge in [0.2, 0.25) is 5.91 Å². The molecule has 0 radical (unpaired) electrons. The van der Waals surface area contributed by atoms with E-state index in [2.05, 4.69) is 5.32 Å². The van der Waals surface area contributed by atoms with E-state index < -0.39 is 11.9 Å². The Balaban J connectivity index is 2.55. The summed E-state index contributed by atoms with van der Waals surface area (Å²) in [7, 11) is 1.58. The van der Waals surface area contributed by atoms with Gasteiger partial charge in [-0.1, -0.05) is 0 Å². The SMILES string of the molecule is CC(C)NC(=O)CN(C)C(=O)N1CCC(C(=O)O)CC1C. The number of carbonyl (C=O) groups excluding carboxylic acids is 2. The molecule has 7 heteroatoms. The number of carbonyl (C=O) groups is 3. The van der Waals surface area contributed by atoms with Crippen molar-refractivity contribution in [3.05, 3.63) is 0 Å². The normalized spacial score (nSPS) is 22.0. The number of likely N-dealkylation sites (tertiary alicyclic amines) is 1. The lowest BCUT2D eigenvalue weighted by Crippen LogP contribution is -2.52. The molecule has 3 amide bonds. The molecule has 120 valence electrons. The molecule has 1 aliphatic heterocycles. The van der Waals surface area contributed by atoms with Gasteiger partial charge in [0.15, 0.2) is 0 Å². The number of amides is 3. The summed E-state index contributed by atoms with van der Waals surface area (Å²) in [5.41, 5.74) is 0. The van der Waals surface area contributed by atoms with Gasteiger partial charge in [-0.25, -0.2) is 4.79 Å². The zero-order valence-corrected chi connectivity index (χ0v) is 13.1. The van der Waals surface area contributed by atoms with Crippen molar-refractivity contribution in [3.8, 4) is 0 Å². The summed E-state index contributed by atoms with van der Waals surface area (Å²) in [4.78, 5) is 38.0. The molecule has 0 aromatic rings. The van der Waals surface area contributed by atoms with E-state index in [9.17, 15) is 14.4 Å². The van der Waals surface area contributed by atoms with E-state index in [-0.39, 0.29) is 30.6 Å². The monoisotopic (exact) mass is 299 g/mol. The van der Waals surface area contributed by atoms with E-state index in [0.717, 1.165) is 0 Å². The smallest absolute Gasteiger partial charge is 0.320 e. The van der Waals surface area contributed by atoms with Crippen LogP contribution in [-0.4, -0.2) is 65.0 Å². The molecule has 1 heterocycles. The first-order chi connectivity index (χ1) is 9.72. The van der Waals surface area contributed by atoms with Crippen LogP contribution in [0.2, 0.25) is 0 Å². The molecule has 0 aromatic heterocycles. The first kappa shape index (κ1) is 17.3. The zero-order valence-electron chi connectivity index (χ0n) is 13.1. The van der Waals surface area contributed by atoms with Crippen LogP contribution in [0.3, 0.4) is 0 Å². The Morgan fingerprint density at radius 2 is 2.00 bits per heavy atom. The van der Waals surface area contributed by atoms with Crippen molar-refractivity contribution in [1.29, 1.82) is 0 Å². The molecule has 2 N–H and O–H groups in total. The molecule has 2 atom stereocenters. The quantitative estimate of drug-likeness (QED) is 0.801. The highest BCUT2D eigenvalue weighted by molar-refractivity contribution is 5.84. The van der Waals surface area contributed by atoms with Gasteiger partial charge < -0.3 is 20.2 Å². The van der Waals surface area contributed by atoms with Gasteiger partial charge >= 0.3 is 12.0 Å². The minimum Gasteiger partial charge on any atom is -0.481 e.